The zero-order chi connectivity index (χ0) is 7.07. The third kappa shape index (κ3) is 0.732. The summed E-state index contributed by atoms with van der Waals surface area (Å²) in [6.07, 6.45) is 1.88. The van der Waals surface area contributed by atoms with Gasteiger partial charge in [0.15, 0.2) is 0 Å². The van der Waals surface area contributed by atoms with Gasteiger partial charge in [-0.15, -0.1) is 0 Å². The highest BCUT2D eigenvalue weighted by Gasteiger charge is 2.35. The number of hydrogen-bond acceptors (Lipinski definition) is 2. The molecule has 0 fully saturated rings. The van der Waals surface area contributed by atoms with Gasteiger partial charge in [0.25, 0.3) is 0 Å². The molecular formula is C7H14N2. The van der Waals surface area contributed by atoms with Gasteiger partial charge in [0, 0.05) is 7.05 Å². The second-order valence-electron chi connectivity index (χ2n) is 3.10. The zero-order valence-electron chi connectivity index (χ0n) is 6.55. The minimum Gasteiger partial charge on any atom is -0.341 e. The quantitative estimate of drug-likeness (QED) is 0.517. The van der Waals surface area contributed by atoms with E-state index in [4.69, 9.17) is 0 Å². The third-order valence-corrected chi connectivity index (χ3v) is 2.30. The lowest BCUT2D eigenvalue weighted by molar-refractivity contribution is 0.137. The third-order valence-electron chi connectivity index (χ3n) is 2.30. The van der Waals surface area contributed by atoms with E-state index >= 15 is 0 Å². The first-order valence-electron chi connectivity index (χ1n) is 3.35. The van der Waals surface area contributed by atoms with E-state index in [2.05, 4.69) is 37.7 Å². The van der Waals surface area contributed by atoms with E-state index in [0.29, 0.717) is 5.92 Å². The molecule has 0 aromatic heterocycles. The fraction of sp³-hybridized carbons (Fsp3) is 0.857. The van der Waals surface area contributed by atoms with Crippen molar-refractivity contribution in [3.8, 4) is 0 Å². The minimum atomic E-state index is 0.0833. The number of nitrogens with zero attached hydrogens (tertiary/aromatic N) is 2. The van der Waals surface area contributed by atoms with Gasteiger partial charge in [0.05, 0.1) is 6.34 Å². The van der Waals surface area contributed by atoms with Crippen LogP contribution >= 0.6 is 0 Å². The molecule has 0 spiro atoms. The first-order chi connectivity index (χ1) is 4.07. The van der Waals surface area contributed by atoms with E-state index in [0.717, 1.165) is 0 Å². The summed E-state index contributed by atoms with van der Waals surface area (Å²) in [6.45, 7) is 6.53. The molecule has 0 aromatic rings. The van der Waals surface area contributed by atoms with Crippen LogP contribution in [0.15, 0.2) is 4.99 Å². The van der Waals surface area contributed by atoms with Gasteiger partial charge >= 0.3 is 0 Å². The standard InChI is InChI=1S/C7H14N2/c1-6(2)7(3)8-5-9(7)4/h5-6H,1-4H3. The molecule has 1 atom stereocenters. The van der Waals surface area contributed by atoms with E-state index in [1.54, 1.807) is 0 Å². The van der Waals surface area contributed by atoms with Crippen molar-refractivity contribution in [2.75, 3.05) is 7.05 Å². The second-order valence-corrected chi connectivity index (χ2v) is 3.10. The fourth-order valence-electron chi connectivity index (χ4n) is 0.912. The second kappa shape index (κ2) is 1.72. The molecule has 1 aliphatic rings. The molecule has 1 unspecified atom stereocenters. The highest BCUT2D eigenvalue weighted by Crippen LogP contribution is 2.28. The van der Waals surface area contributed by atoms with Gasteiger partial charge in [-0.3, -0.25) is 0 Å². The van der Waals surface area contributed by atoms with Crippen LogP contribution in [0.4, 0.5) is 0 Å². The summed E-state index contributed by atoms with van der Waals surface area (Å²) in [5.41, 5.74) is 0.0833. The molecule has 0 N–H and O–H groups in total. The largest absolute Gasteiger partial charge is 0.341 e. The van der Waals surface area contributed by atoms with Crippen LogP contribution in [0, 0.1) is 5.92 Å². The van der Waals surface area contributed by atoms with Crippen molar-refractivity contribution in [1.82, 2.24) is 4.90 Å². The van der Waals surface area contributed by atoms with Crippen LogP contribution in [-0.4, -0.2) is 23.9 Å². The Morgan fingerprint density at radius 3 is 2.11 bits per heavy atom. The summed E-state index contributed by atoms with van der Waals surface area (Å²) in [5, 5.41) is 0. The van der Waals surface area contributed by atoms with Crippen molar-refractivity contribution in [1.29, 1.82) is 0 Å². The maximum absolute atomic E-state index is 4.28. The molecular weight excluding hydrogens is 112 g/mol. The smallest absolute Gasteiger partial charge is 0.133 e. The number of rotatable bonds is 1. The van der Waals surface area contributed by atoms with Gasteiger partial charge in [-0.05, 0) is 12.8 Å². The first kappa shape index (κ1) is 6.59. The number of hydrogen-bond donors (Lipinski definition) is 0. The van der Waals surface area contributed by atoms with E-state index in [1.807, 2.05) is 6.34 Å². The fourth-order valence-corrected chi connectivity index (χ4v) is 0.912. The average molecular weight is 126 g/mol. The summed E-state index contributed by atoms with van der Waals surface area (Å²) in [6, 6.07) is 0. The Labute approximate surface area is 56.6 Å². The molecule has 0 saturated heterocycles. The van der Waals surface area contributed by atoms with Crippen LogP contribution in [0.2, 0.25) is 0 Å². The van der Waals surface area contributed by atoms with Gasteiger partial charge in [-0.25, -0.2) is 4.99 Å². The Balaban J connectivity index is 2.67. The maximum atomic E-state index is 4.28. The lowest BCUT2D eigenvalue weighted by Gasteiger charge is -2.44. The van der Waals surface area contributed by atoms with Crippen LogP contribution in [0.1, 0.15) is 20.8 Å². The molecule has 0 aromatic carbocycles. The van der Waals surface area contributed by atoms with Crippen molar-refractivity contribution in [2.45, 2.75) is 26.4 Å². The van der Waals surface area contributed by atoms with E-state index in [9.17, 15) is 0 Å². The lowest BCUT2D eigenvalue weighted by Crippen LogP contribution is -2.52. The predicted molar refractivity (Wildman–Crippen MR) is 39.5 cm³/mol. The zero-order valence-corrected chi connectivity index (χ0v) is 6.55. The molecule has 1 heterocycles. The maximum Gasteiger partial charge on any atom is 0.133 e. The van der Waals surface area contributed by atoms with Crippen molar-refractivity contribution in [3.05, 3.63) is 0 Å². The Morgan fingerprint density at radius 1 is 1.56 bits per heavy atom. The van der Waals surface area contributed by atoms with E-state index in [-0.39, 0.29) is 5.66 Å². The van der Waals surface area contributed by atoms with Gasteiger partial charge < -0.3 is 4.90 Å². The molecule has 1 rings (SSSR count). The molecule has 0 amide bonds. The molecule has 1 aliphatic heterocycles. The molecule has 2 nitrogen and oxygen atoms in total. The molecule has 0 bridgehead atoms. The van der Waals surface area contributed by atoms with E-state index < -0.39 is 0 Å². The normalized spacial score (nSPS) is 33.2. The van der Waals surface area contributed by atoms with Gasteiger partial charge in [0.1, 0.15) is 5.66 Å². The van der Waals surface area contributed by atoms with Crippen molar-refractivity contribution in [3.63, 3.8) is 0 Å². The molecule has 0 radical (unpaired) electrons. The van der Waals surface area contributed by atoms with Crippen LogP contribution < -0.4 is 0 Å². The summed E-state index contributed by atoms with van der Waals surface area (Å²) < 4.78 is 0. The Kier molecular flexibility index (Phi) is 1.26. The molecule has 0 aliphatic carbocycles. The minimum absolute atomic E-state index is 0.0833. The molecule has 52 valence electrons. The Morgan fingerprint density at radius 2 is 2.11 bits per heavy atom. The van der Waals surface area contributed by atoms with Crippen molar-refractivity contribution >= 4 is 6.34 Å². The van der Waals surface area contributed by atoms with Crippen molar-refractivity contribution in [2.24, 2.45) is 10.9 Å². The van der Waals surface area contributed by atoms with E-state index in [1.165, 1.54) is 0 Å². The first-order valence-corrected chi connectivity index (χ1v) is 3.35. The van der Waals surface area contributed by atoms with Crippen LogP contribution in [0.5, 0.6) is 0 Å². The van der Waals surface area contributed by atoms with Gasteiger partial charge in [0.2, 0.25) is 0 Å². The van der Waals surface area contributed by atoms with Gasteiger partial charge in [-0.2, -0.15) is 0 Å². The van der Waals surface area contributed by atoms with Crippen molar-refractivity contribution < 1.29 is 0 Å². The lowest BCUT2D eigenvalue weighted by atomic mass is 9.95. The molecule has 9 heavy (non-hydrogen) atoms. The average Bonchev–Trinajstić information content (AvgIpc) is 1.82. The summed E-state index contributed by atoms with van der Waals surface area (Å²) in [4.78, 5) is 6.43. The SMILES string of the molecule is CC(C)C1(C)N=CN1C. The summed E-state index contributed by atoms with van der Waals surface area (Å²) in [7, 11) is 2.06. The Bertz CT molecular complexity index is 140. The van der Waals surface area contributed by atoms with Crippen LogP contribution in [0.3, 0.4) is 0 Å². The highest BCUT2D eigenvalue weighted by atomic mass is 15.4. The molecule has 2 heteroatoms. The number of aliphatic imine (C=N–C) groups is 1. The summed E-state index contributed by atoms with van der Waals surface area (Å²) in [5.74, 6) is 0.604. The van der Waals surface area contributed by atoms with Crippen LogP contribution in [-0.2, 0) is 0 Å². The highest BCUT2D eigenvalue weighted by molar-refractivity contribution is 5.62. The molecule has 0 saturated carbocycles. The predicted octanol–water partition coefficient (Wildman–Crippen LogP) is 1.33. The topological polar surface area (TPSA) is 15.6 Å². The van der Waals surface area contributed by atoms with Crippen LogP contribution in [0.25, 0.3) is 0 Å². The Hall–Kier alpha value is -0.530. The monoisotopic (exact) mass is 126 g/mol. The van der Waals surface area contributed by atoms with Gasteiger partial charge in [-0.1, -0.05) is 13.8 Å². The summed E-state index contributed by atoms with van der Waals surface area (Å²) >= 11 is 0.